The van der Waals surface area contributed by atoms with Crippen molar-refractivity contribution in [3.63, 3.8) is 0 Å². The molecule has 6 N–H and O–H groups in total. The van der Waals surface area contributed by atoms with Gasteiger partial charge in [-0.1, -0.05) is 22.0 Å². The zero-order valence-corrected chi connectivity index (χ0v) is 13.9. The number of nitrogens with zero attached hydrogens (tertiary/aromatic N) is 1. The molecule has 0 aliphatic heterocycles. The molecule has 0 saturated heterocycles. The third-order valence-corrected chi connectivity index (χ3v) is 3.06. The fraction of sp³-hybridized carbons (Fsp3) is 0. The van der Waals surface area contributed by atoms with E-state index >= 15 is 0 Å². The molecule has 2 aromatic rings. The molecule has 0 aromatic heterocycles. The van der Waals surface area contributed by atoms with Crippen molar-refractivity contribution in [2.75, 3.05) is 0 Å². The summed E-state index contributed by atoms with van der Waals surface area (Å²) in [6.07, 6.45) is 1.08. The molecule has 2 aromatic carbocycles. The van der Waals surface area contributed by atoms with Gasteiger partial charge in [0.2, 0.25) is 0 Å². The van der Waals surface area contributed by atoms with Crippen LogP contribution in [0, 0.1) is 0 Å². The third kappa shape index (κ3) is 5.57. The van der Waals surface area contributed by atoms with E-state index < -0.39 is 5.91 Å². The number of hydrogen-bond acceptors (Lipinski definition) is 5. The van der Waals surface area contributed by atoms with Crippen molar-refractivity contribution in [2.45, 2.75) is 0 Å². The van der Waals surface area contributed by atoms with Crippen LogP contribution in [-0.4, -0.2) is 32.9 Å². The fourth-order valence-corrected chi connectivity index (χ4v) is 1.99. The summed E-state index contributed by atoms with van der Waals surface area (Å²) in [6, 6.07) is 8.84. The normalized spacial score (nSPS) is 9.78. The summed E-state index contributed by atoms with van der Waals surface area (Å²) in [5.74, 6) is -1.42. The summed E-state index contributed by atoms with van der Waals surface area (Å²) in [5.41, 5.74) is 2.66. The first-order valence-electron chi connectivity index (χ1n) is 5.81. The molecule has 0 fully saturated rings. The Bertz CT molecular complexity index is 701. The van der Waals surface area contributed by atoms with Crippen molar-refractivity contribution < 1.29 is 42.7 Å². The first-order valence-corrected chi connectivity index (χ1v) is 6.60. The minimum atomic E-state index is -0.440. The minimum absolute atomic E-state index is 0. The van der Waals surface area contributed by atoms with Gasteiger partial charge in [-0.05, 0) is 18.2 Å². The predicted octanol–water partition coefficient (Wildman–Crippen LogP) is 1.50. The molecular weight excluding hydrogens is 420 g/mol. The summed E-state index contributed by atoms with van der Waals surface area (Å²) in [6.45, 7) is 0. The van der Waals surface area contributed by atoms with Crippen LogP contribution >= 0.6 is 15.9 Å². The molecule has 7 nitrogen and oxygen atoms in total. The van der Waals surface area contributed by atoms with E-state index in [4.69, 9.17) is 5.11 Å². The van der Waals surface area contributed by atoms with E-state index in [9.17, 15) is 15.0 Å². The number of hydrazone groups is 1. The Morgan fingerprint density at radius 1 is 1.13 bits per heavy atom. The fourth-order valence-electron chi connectivity index (χ4n) is 1.59. The molecule has 1 radical (unpaired) electrons. The van der Waals surface area contributed by atoms with Gasteiger partial charge >= 0.3 is 17.1 Å². The van der Waals surface area contributed by atoms with Gasteiger partial charge in [0.1, 0.15) is 17.2 Å². The number of benzene rings is 2. The Balaban J connectivity index is 0.00000242. The Labute approximate surface area is 150 Å². The third-order valence-electron chi connectivity index (χ3n) is 2.57. The molecule has 23 heavy (non-hydrogen) atoms. The van der Waals surface area contributed by atoms with Crippen LogP contribution in [0.25, 0.3) is 0 Å². The van der Waals surface area contributed by atoms with Gasteiger partial charge in [0, 0.05) is 22.2 Å². The standard InChI is InChI=1S/C14H11BrN2O4.Cu.H2O/c15-9-3-1-2-8(4-9)14(21)17-16-7-11-12(19)5-10(18)6-13(11)20;;/h1-7,18-20H,(H,17,21);;1H2/q;+2;/b16-7+;;. The Morgan fingerprint density at radius 2 is 1.74 bits per heavy atom. The number of rotatable bonds is 3. The molecule has 0 unspecified atom stereocenters. The van der Waals surface area contributed by atoms with Crippen LogP contribution in [0.5, 0.6) is 17.2 Å². The van der Waals surface area contributed by atoms with Gasteiger partial charge in [-0.25, -0.2) is 5.43 Å². The number of amides is 1. The maximum absolute atomic E-state index is 11.8. The number of carbonyl (C=O) groups is 1. The monoisotopic (exact) mass is 431 g/mol. The van der Waals surface area contributed by atoms with E-state index in [0.717, 1.165) is 22.8 Å². The van der Waals surface area contributed by atoms with Crippen LogP contribution in [0.1, 0.15) is 15.9 Å². The number of aromatic hydroxyl groups is 3. The number of hydrogen-bond donors (Lipinski definition) is 4. The molecule has 0 aliphatic rings. The second-order valence-corrected chi connectivity index (χ2v) is 5.02. The Kier molecular flexibility index (Phi) is 8.34. The van der Waals surface area contributed by atoms with E-state index in [1.165, 1.54) is 0 Å². The van der Waals surface area contributed by atoms with Crippen LogP contribution < -0.4 is 5.43 Å². The van der Waals surface area contributed by atoms with Crippen molar-refractivity contribution >= 4 is 28.1 Å². The second kappa shape index (κ2) is 9.16. The van der Waals surface area contributed by atoms with E-state index in [1.54, 1.807) is 24.3 Å². The first kappa shape index (κ1) is 20.9. The number of phenols is 3. The van der Waals surface area contributed by atoms with Gasteiger partial charge in [-0.15, -0.1) is 0 Å². The van der Waals surface area contributed by atoms with Crippen LogP contribution in [0.4, 0.5) is 0 Å². The van der Waals surface area contributed by atoms with Gasteiger partial charge in [0.05, 0.1) is 11.8 Å². The maximum atomic E-state index is 11.8. The average Bonchev–Trinajstić information content (AvgIpc) is 2.41. The predicted molar refractivity (Wildman–Crippen MR) is 84.3 cm³/mol. The Morgan fingerprint density at radius 3 is 2.30 bits per heavy atom. The summed E-state index contributed by atoms with van der Waals surface area (Å²) in [4.78, 5) is 11.8. The van der Waals surface area contributed by atoms with Crippen LogP contribution in [0.15, 0.2) is 46.0 Å². The van der Waals surface area contributed by atoms with E-state index in [0.29, 0.717) is 5.56 Å². The quantitative estimate of drug-likeness (QED) is 0.332. The van der Waals surface area contributed by atoms with Crippen molar-refractivity contribution in [2.24, 2.45) is 5.10 Å². The maximum Gasteiger partial charge on any atom is 2.00 e. The van der Waals surface area contributed by atoms with E-state index in [2.05, 4.69) is 26.5 Å². The van der Waals surface area contributed by atoms with Gasteiger partial charge in [-0.3, -0.25) is 4.79 Å². The number of halogens is 1. The van der Waals surface area contributed by atoms with Crippen molar-refractivity contribution in [1.29, 1.82) is 0 Å². The van der Waals surface area contributed by atoms with Crippen LogP contribution in [0.2, 0.25) is 0 Å². The van der Waals surface area contributed by atoms with Crippen molar-refractivity contribution in [3.8, 4) is 17.2 Å². The Hall–Kier alpha value is -2.06. The van der Waals surface area contributed by atoms with E-state index in [1.807, 2.05) is 0 Å². The number of phenolic OH excluding ortho intramolecular Hbond substituents is 3. The summed E-state index contributed by atoms with van der Waals surface area (Å²) < 4.78 is 0.757. The molecule has 9 heteroatoms. The molecular formula is C14H13BrCuN2O5+2. The summed E-state index contributed by atoms with van der Waals surface area (Å²) in [5, 5.41) is 31.9. The molecule has 0 atom stereocenters. The molecule has 0 bridgehead atoms. The van der Waals surface area contributed by atoms with Gasteiger partial charge in [0.25, 0.3) is 5.91 Å². The topological polar surface area (TPSA) is 134 Å². The summed E-state index contributed by atoms with van der Waals surface area (Å²) in [7, 11) is 0. The summed E-state index contributed by atoms with van der Waals surface area (Å²) >= 11 is 3.25. The molecule has 0 heterocycles. The SMILES string of the molecule is O.O=C(N/N=C/c1c(O)cc(O)cc1O)c1cccc(Br)c1.[Cu+2]. The number of carbonyl (C=O) groups excluding carboxylic acids is 1. The average molecular weight is 433 g/mol. The number of nitrogens with one attached hydrogen (secondary N) is 1. The van der Waals surface area contributed by atoms with Crippen LogP contribution in [-0.2, 0) is 17.1 Å². The van der Waals surface area contributed by atoms with Gasteiger partial charge < -0.3 is 20.8 Å². The molecule has 1 amide bonds. The van der Waals surface area contributed by atoms with Crippen molar-refractivity contribution in [3.05, 3.63) is 52.0 Å². The second-order valence-electron chi connectivity index (χ2n) is 4.11. The molecule has 0 aliphatic carbocycles. The zero-order valence-electron chi connectivity index (χ0n) is 11.4. The molecule has 0 saturated carbocycles. The van der Waals surface area contributed by atoms with E-state index in [-0.39, 0.29) is 45.4 Å². The van der Waals surface area contributed by atoms with Gasteiger partial charge in [0.15, 0.2) is 0 Å². The van der Waals surface area contributed by atoms with Crippen LogP contribution in [0.3, 0.4) is 0 Å². The molecule has 125 valence electrons. The smallest absolute Gasteiger partial charge is 0.508 e. The zero-order chi connectivity index (χ0) is 15.4. The first-order chi connectivity index (χ1) is 9.97. The van der Waals surface area contributed by atoms with Gasteiger partial charge in [-0.2, -0.15) is 5.10 Å². The van der Waals surface area contributed by atoms with Crippen molar-refractivity contribution in [1.82, 2.24) is 5.43 Å². The largest absolute Gasteiger partial charge is 2.00 e. The molecule has 2 rings (SSSR count). The molecule has 0 spiro atoms. The minimum Gasteiger partial charge on any atom is -0.508 e.